The maximum atomic E-state index is 13.9. The number of hydrogen-bond acceptors (Lipinski definition) is 3. The van der Waals surface area contributed by atoms with Crippen LogP contribution in [0.4, 0.5) is 0 Å². The molecule has 7 rings (SSSR count). The van der Waals surface area contributed by atoms with E-state index in [2.05, 4.69) is 36.2 Å². The number of rotatable bonds is 4. The molecule has 4 fully saturated rings. The monoisotopic (exact) mass is 417 g/mol. The lowest BCUT2D eigenvalue weighted by Crippen LogP contribution is -2.56. The average Bonchev–Trinajstić information content (AvgIpc) is 2.76. The Hall–Kier alpha value is -1.94. The molecule has 4 heteroatoms. The van der Waals surface area contributed by atoms with E-state index in [-0.39, 0.29) is 11.9 Å². The van der Waals surface area contributed by atoms with Crippen molar-refractivity contribution >= 4 is 16.8 Å². The zero-order valence-corrected chi connectivity index (χ0v) is 19.0. The molecule has 4 aliphatic carbocycles. The maximum absolute atomic E-state index is 13.9. The lowest BCUT2D eigenvalue weighted by atomic mass is 9.48. The summed E-state index contributed by atoms with van der Waals surface area (Å²) in [5.41, 5.74) is 4.44. The molecule has 0 radical (unpaired) electrons. The maximum Gasteiger partial charge on any atom is 0.252 e. The number of likely N-dealkylation sites (N-methyl/N-ethyl adjacent to an activating group) is 1. The van der Waals surface area contributed by atoms with Crippen LogP contribution in [0.15, 0.2) is 24.3 Å². The van der Waals surface area contributed by atoms with Crippen molar-refractivity contribution in [2.45, 2.75) is 71.4 Å². The second kappa shape index (κ2) is 7.30. The lowest BCUT2D eigenvalue weighted by Gasteiger charge is -2.59. The Morgan fingerprint density at radius 1 is 1.16 bits per heavy atom. The normalized spacial score (nSPS) is 32.8. The molecule has 1 N–H and O–H groups in total. The van der Waals surface area contributed by atoms with Crippen molar-refractivity contribution in [2.75, 3.05) is 13.1 Å². The van der Waals surface area contributed by atoms with E-state index in [1.54, 1.807) is 0 Å². The van der Waals surface area contributed by atoms with Crippen molar-refractivity contribution in [3.05, 3.63) is 41.1 Å². The topological polar surface area (TPSA) is 45.2 Å². The second-order valence-electron chi connectivity index (χ2n) is 11.0. The SMILES string of the molecule is CCN1CCc2nc3ccccc3c(C(=O)NC(C)C34CC5CC(CC(C5)C3)C4)c2C1. The number of nitrogens with one attached hydrogen (secondary N) is 1. The summed E-state index contributed by atoms with van der Waals surface area (Å²) in [5, 5.41) is 4.55. The van der Waals surface area contributed by atoms with Gasteiger partial charge in [-0.15, -0.1) is 0 Å². The molecule has 1 aromatic heterocycles. The number of para-hydroxylation sites is 1. The molecule has 31 heavy (non-hydrogen) atoms. The van der Waals surface area contributed by atoms with Crippen molar-refractivity contribution in [2.24, 2.45) is 23.2 Å². The smallest absolute Gasteiger partial charge is 0.252 e. The molecule has 0 spiro atoms. The third-order valence-corrected chi connectivity index (χ3v) is 9.15. The number of aromatic nitrogens is 1. The minimum atomic E-state index is 0.121. The molecule has 1 aliphatic heterocycles. The highest BCUT2D eigenvalue weighted by molar-refractivity contribution is 6.07. The van der Waals surface area contributed by atoms with Crippen LogP contribution in [0.3, 0.4) is 0 Å². The molecular formula is C27H35N3O. The fourth-order valence-corrected chi connectivity index (χ4v) is 7.91. The molecule has 0 saturated heterocycles. The van der Waals surface area contributed by atoms with Crippen LogP contribution in [0.5, 0.6) is 0 Å². The number of carbonyl (C=O) groups excluding carboxylic acids is 1. The Kier molecular flexibility index (Phi) is 4.64. The van der Waals surface area contributed by atoms with Crippen molar-refractivity contribution in [3.63, 3.8) is 0 Å². The molecule has 4 nitrogen and oxygen atoms in total. The Morgan fingerprint density at radius 2 is 1.84 bits per heavy atom. The van der Waals surface area contributed by atoms with Crippen LogP contribution >= 0.6 is 0 Å². The molecular weight excluding hydrogens is 382 g/mol. The fourth-order valence-electron chi connectivity index (χ4n) is 7.91. The number of nitrogens with zero attached hydrogens (tertiary/aromatic N) is 2. The second-order valence-corrected chi connectivity index (χ2v) is 11.0. The molecule has 1 atom stereocenters. The third-order valence-electron chi connectivity index (χ3n) is 9.15. The highest BCUT2D eigenvalue weighted by Crippen LogP contribution is 2.61. The van der Waals surface area contributed by atoms with Crippen molar-refractivity contribution in [1.82, 2.24) is 15.2 Å². The average molecular weight is 418 g/mol. The van der Waals surface area contributed by atoms with Gasteiger partial charge in [0.2, 0.25) is 0 Å². The van der Waals surface area contributed by atoms with Gasteiger partial charge in [-0.2, -0.15) is 0 Å². The van der Waals surface area contributed by atoms with E-state index in [0.717, 1.165) is 71.5 Å². The van der Waals surface area contributed by atoms with E-state index in [4.69, 9.17) is 4.98 Å². The molecule has 2 heterocycles. The number of fused-ring (bicyclic) bond motifs is 2. The summed E-state index contributed by atoms with van der Waals surface area (Å²) in [4.78, 5) is 21.3. The van der Waals surface area contributed by atoms with Gasteiger partial charge in [0.25, 0.3) is 5.91 Å². The van der Waals surface area contributed by atoms with Crippen LogP contribution in [0.2, 0.25) is 0 Å². The Morgan fingerprint density at radius 3 is 2.52 bits per heavy atom. The van der Waals surface area contributed by atoms with E-state index in [1.165, 1.54) is 38.5 Å². The van der Waals surface area contributed by atoms with Gasteiger partial charge in [-0.1, -0.05) is 25.1 Å². The quantitative estimate of drug-likeness (QED) is 0.766. The van der Waals surface area contributed by atoms with Gasteiger partial charge < -0.3 is 5.32 Å². The molecule has 1 aromatic carbocycles. The zero-order valence-electron chi connectivity index (χ0n) is 19.0. The van der Waals surface area contributed by atoms with Gasteiger partial charge in [-0.25, -0.2) is 0 Å². The van der Waals surface area contributed by atoms with Gasteiger partial charge in [0, 0.05) is 42.2 Å². The minimum Gasteiger partial charge on any atom is -0.349 e. The van der Waals surface area contributed by atoms with Gasteiger partial charge in [0.15, 0.2) is 0 Å². The first-order chi connectivity index (χ1) is 15.0. The van der Waals surface area contributed by atoms with Crippen LogP contribution in [0.25, 0.3) is 10.9 Å². The van der Waals surface area contributed by atoms with Crippen molar-refractivity contribution < 1.29 is 4.79 Å². The van der Waals surface area contributed by atoms with Gasteiger partial charge in [-0.05, 0) is 81.2 Å². The van der Waals surface area contributed by atoms with Gasteiger partial charge >= 0.3 is 0 Å². The van der Waals surface area contributed by atoms with Gasteiger partial charge in [-0.3, -0.25) is 14.7 Å². The standard InChI is InChI=1S/C27H35N3O/c1-3-30-9-8-24-22(16-30)25(21-6-4-5-7-23(21)29-24)26(31)28-17(2)27-13-18-10-19(14-27)12-20(11-18)15-27/h4-7,17-20H,3,8-16H2,1-2H3,(H,28,31). The fraction of sp³-hybridized carbons (Fsp3) is 0.630. The Balaban J connectivity index is 1.35. The molecule has 1 unspecified atom stereocenters. The highest BCUT2D eigenvalue weighted by Gasteiger charge is 2.53. The highest BCUT2D eigenvalue weighted by atomic mass is 16.1. The predicted molar refractivity (Wildman–Crippen MR) is 124 cm³/mol. The van der Waals surface area contributed by atoms with Crippen LogP contribution < -0.4 is 5.32 Å². The first-order valence-electron chi connectivity index (χ1n) is 12.5. The largest absolute Gasteiger partial charge is 0.349 e. The van der Waals surface area contributed by atoms with E-state index in [0.29, 0.717) is 5.41 Å². The summed E-state index contributed by atoms with van der Waals surface area (Å²) in [6.45, 7) is 7.36. The van der Waals surface area contributed by atoms with E-state index < -0.39 is 0 Å². The number of benzene rings is 1. The number of carbonyl (C=O) groups is 1. The number of pyridine rings is 1. The number of hydrogen-bond donors (Lipinski definition) is 1. The van der Waals surface area contributed by atoms with E-state index in [9.17, 15) is 4.79 Å². The zero-order chi connectivity index (χ0) is 21.2. The van der Waals surface area contributed by atoms with Crippen LogP contribution in [-0.4, -0.2) is 34.9 Å². The first-order valence-corrected chi connectivity index (χ1v) is 12.5. The molecule has 4 bridgehead atoms. The first kappa shape index (κ1) is 19.7. The summed E-state index contributed by atoms with van der Waals surface area (Å²) in [7, 11) is 0. The summed E-state index contributed by atoms with van der Waals surface area (Å²) in [6.07, 6.45) is 9.20. The predicted octanol–water partition coefficient (Wildman–Crippen LogP) is 4.95. The van der Waals surface area contributed by atoms with Crippen molar-refractivity contribution in [3.8, 4) is 0 Å². The van der Waals surface area contributed by atoms with E-state index in [1.807, 2.05) is 12.1 Å². The summed E-state index contributed by atoms with van der Waals surface area (Å²) in [5.74, 6) is 2.82. The number of amides is 1. The molecule has 4 saturated carbocycles. The summed E-state index contributed by atoms with van der Waals surface area (Å²) < 4.78 is 0. The Bertz CT molecular complexity index is 993. The summed E-state index contributed by atoms with van der Waals surface area (Å²) >= 11 is 0. The van der Waals surface area contributed by atoms with E-state index >= 15 is 0 Å². The van der Waals surface area contributed by atoms with Crippen molar-refractivity contribution in [1.29, 1.82) is 0 Å². The lowest BCUT2D eigenvalue weighted by molar-refractivity contribution is -0.0688. The Labute approximate surface area is 185 Å². The molecule has 164 valence electrons. The molecule has 1 amide bonds. The van der Waals surface area contributed by atoms with Gasteiger partial charge in [0.1, 0.15) is 0 Å². The molecule has 5 aliphatic rings. The molecule has 2 aromatic rings. The van der Waals surface area contributed by atoms with Crippen LogP contribution in [0.1, 0.15) is 74.0 Å². The minimum absolute atomic E-state index is 0.121. The summed E-state index contributed by atoms with van der Waals surface area (Å²) in [6, 6.07) is 8.44. The van der Waals surface area contributed by atoms with Crippen LogP contribution in [-0.2, 0) is 13.0 Å². The van der Waals surface area contributed by atoms with Crippen LogP contribution in [0, 0.1) is 23.2 Å². The third kappa shape index (κ3) is 3.21. The van der Waals surface area contributed by atoms with Gasteiger partial charge in [0.05, 0.1) is 11.1 Å².